The van der Waals surface area contributed by atoms with E-state index in [1.165, 1.54) is 11.2 Å². The molecule has 2 unspecified atom stereocenters. The van der Waals surface area contributed by atoms with E-state index in [0.29, 0.717) is 6.42 Å². The van der Waals surface area contributed by atoms with Crippen LogP contribution in [0.2, 0.25) is 0 Å². The maximum Gasteiger partial charge on any atom is 0.236 e. The predicted octanol–water partition coefficient (Wildman–Crippen LogP) is -0.241. The number of carbonyl (C=O) groups is 1. The van der Waals surface area contributed by atoms with Gasteiger partial charge in [-0.25, -0.2) is 8.42 Å². The summed E-state index contributed by atoms with van der Waals surface area (Å²) in [7, 11) is -1.45. The lowest BCUT2D eigenvalue weighted by Crippen LogP contribution is -2.50. The van der Waals surface area contributed by atoms with Gasteiger partial charge in [0.2, 0.25) is 5.91 Å². The molecular weight excluding hydrogens is 228 g/mol. The van der Waals surface area contributed by atoms with Crippen LogP contribution in [0.5, 0.6) is 0 Å². The molecular formula is C10H20N2O3S. The van der Waals surface area contributed by atoms with E-state index < -0.39 is 15.1 Å². The first-order valence-electron chi connectivity index (χ1n) is 5.52. The average Bonchev–Trinajstić information content (AvgIpc) is 2.26. The van der Waals surface area contributed by atoms with Gasteiger partial charge in [-0.3, -0.25) is 4.79 Å². The first-order valence-corrected chi connectivity index (χ1v) is 7.48. The van der Waals surface area contributed by atoms with Crippen molar-refractivity contribution >= 4 is 15.7 Å². The van der Waals surface area contributed by atoms with Crippen molar-refractivity contribution in [2.75, 3.05) is 19.8 Å². The highest BCUT2D eigenvalue weighted by Crippen LogP contribution is 2.27. The Labute approximate surface area is 96.9 Å². The highest BCUT2D eigenvalue weighted by atomic mass is 32.2. The molecule has 0 radical (unpaired) electrons. The minimum atomic E-state index is -3.10. The largest absolute Gasteiger partial charge is 0.340 e. The van der Waals surface area contributed by atoms with E-state index in [1.807, 2.05) is 0 Å². The lowest BCUT2D eigenvalue weighted by molar-refractivity contribution is -0.130. The maximum absolute atomic E-state index is 11.6. The number of nitrogens with zero attached hydrogens (tertiary/aromatic N) is 1. The second kappa shape index (κ2) is 5.14. The van der Waals surface area contributed by atoms with Gasteiger partial charge in [-0.2, -0.15) is 0 Å². The third-order valence-corrected chi connectivity index (χ3v) is 4.93. The van der Waals surface area contributed by atoms with Crippen LogP contribution in [0.1, 0.15) is 25.7 Å². The number of amides is 1. The zero-order valence-corrected chi connectivity index (χ0v) is 10.7. The molecule has 5 nitrogen and oxygen atoms in total. The first-order chi connectivity index (χ1) is 7.38. The molecule has 0 aromatic heterocycles. The summed E-state index contributed by atoms with van der Waals surface area (Å²) in [5.74, 6) is -0.194. The van der Waals surface area contributed by atoms with Gasteiger partial charge in [0.25, 0.3) is 0 Å². The first kappa shape index (κ1) is 13.4. The van der Waals surface area contributed by atoms with Crippen LogP contribution in [-0.2, 0) is 14.6 Å². The summed E-state index contributed by atoms with van der Waals surface area (Å²) in [6.07, 6.45) is 4.53. The van der Waals surface area contributed by atoms with Crippen molar-refractivity contribution in [1.82, 2.24) is 4.90 Å². The fraction of sp³-hybridized carbons (Fsp3) is 0.900. The summed E-state index contributed by atoms with van der Waals surface area (Å²) >= 11 is 0. The molecule has 0 bridgehead atoms. The molecule has 1 aliphatic rings. The zero-order chi connectivity index (χ0) is 12.3. The number of likely N-dealkylation sites (N-methyl/N-ethyl adjacent to an activating group) is 1. The summed E-state index contributed by atoms with van der Waals surface area (Å²) < 4.78 is 23.3. The van der Waals surface area contributed by atoms with E-state index in [0.717, 1.165) is 19.3 Å². The lowest BCUT2D eigenvalue weighted by Gasteiger charge is -2.36. The van der Waals surface area contributed by atoms with Gasteiger partial charge in [-0.15, -0.1) is 0 Å². The second-order valence-corrected chi connectivity index (χ2v) is 6.69. The van der Waals surface area contributed by atoms with Gasteiger partial charge in [0.05, 0.1) is 11.8 Å². The third kappa shape index (κ3) is 2.95. The zero-order valence-electron chi connectivity index (χ0n) is 9.85. The topological polar surface area (TPSA) is 80.5 Å². The van der Waals surface area contributed by atoms with Crippen LogP contribution in [0.3, 0.4) is 0 Å². The molecule has 16 heavy (non-hydrogen) atoms. The smallest absolute Gasteiger partial charge is 0.236 e. The molecule has 1 saturated carbocycles. The fourth-order valence-electron chi connectivity index (χ4n) is 2.35. The molecule has 1 amide bonds. The number of hydrogen-bond donors (Lipinski definition) is 1. The Kier molecular flexibility index (Phi) is 4.32. The Morgan fingerprint density at radius 2 is 1.94 bits per heavy atom. The number of hydrogen-bond acceptors (Lipinski definition) is 4. The van der Waals surface area contributed by atoms with Crippen molar-refractivity contribution in [1.29, 1.82) is 0 Å². The van der Waals surface area contributed by atoms with Crippen molar-refractivity contribution in [3.63, 3.8) is 0 Å². The molecule has 2 N–H and O–H groups in total. The molecule has 2 atom stereocenters. The van der Waals surface area contributed by atoms with Crippen LogP contribution in [0.4, 0.5) is 0 Å². The van der Waals surface area contributed by atoms with Crippen molar-refractivity contribution in [2.24, 2.45) is 5.73 Å². The van der Waals surface area contributed by atoms with E-state index in [4.69, 9.17) is 5.73 Å². The Bertz CT molecular complexity index is 353. The van der Waals surface area contributed by atoms with Crippen molar-refractivity contribution in [3.05, 3.63) is 0 Å². The van der Waals surface area contributed by atoms with Crippen molar-refractivity contribution < 1.29 is 13.2 Å². The summed E-state index contributed by atoms with van der Waals surface area (Å²) in [6.45, 7) is -0.0660. The second-order valence-electron chi connectivity index (χ2n) is 4.43. The quantitative estimate of drug-likeness (QED) is 0.747. The average molecular weight is 248 g/mol. The summed E-state index contributed by atoms with van der Waals surface area (Å²) in [4.78, 5) is 13.0. The summed E-state index contributed by atoms with van der Waals surface area (Å²) in [6, 6.07) is -0.209. The molecule has 1 rings (SSSR count). The lowest BCUT2D eigenvalue weighted by atomic mass is 9.94. The summed E-state index contributed by atoms with van der Waals surface area (Å²) in [5, 5.41) is -0.429. The summed E-state index contributed by atoms with van der Waals surface area (Å²) in [5.41, 5.74) is 5.29. The third-order valence-electron chi connectivity index (χ3n) is 3.28. The molecule has 94 valence electrons. The monoisotopic (exact) mass is 248 g/mol. The molecule has 0 aromatic carbocycles. The Morgan fingerprint density at radius 3 is 2.44 bits per heavy atom. The minimum absolute atomic E-state index is 0.0660. The SMILES string of the molecule is CN(C(=O)CN)C1CCCCC1S(C)(=O)=O. The van der Waals surface area contributed by atoms with E-state index in [2.05, 4.69) is 0 Å². The Balaban J connectivity index is 2.86. The van der Waals surface area contributed by atoms with Crippen LogP contribution >= 0.6 is 0 Å². The van der Waals surface area contributed by atoms with Gasteiger partial charge in [-0.1, -0.05) is 12.8 Å². The fourth-order valence-corrected chi connectivity index (χ4v) is 3.83. The number of carbonyl (C=O) groups excluding carboxylic acids is 1. The van der Waals surface area contributed by atoms with Crippen LogP contribution in [-0.4, -0.2) is 50.4 Å². The Morgan fingerprint density at radius 1 is 1.38 bits per heavy atom. The molecule has 0 saturated heterocycles. The maximum atomic E-state index is 11.6. The predicted molar refractivity (Wildman–Crippen MR) is 62.7 cm³/mol. The van der Waals surface area contributed by atoms with Gasteiger partial charge < -0.3 is 10.6 Å². The number of sulfone groups is 1. The molecule has 1 fully saturated rings. The standard InChI is InChI=1S/C10H20N2O3S/c1-12(10(13)7-11)8-5-3-4-6-9(8)16(2,14)15/h8-9H,3-7,11H2,1-2H3. The van der Waals surface area contributed by atoms with Gasteiger partial charge in [-0.05, 0) is 12.8 Å². The number of nitrogens with two attached hydrogens (primary N) is 1. The van der Waals surface area contributed by atoms with E-state index in [9.17, 15) is 13.2 Å². The van der Waals surface area contributed by atoms with Crippen molar-refractivity contribution in [2.45, 2.75) is 37.0 Å². The van der Waals surface area contributed by atoms with Crippen LogP contribution in [0.15, 0.2) is 0 Å². The van der Waals surface area contributed by atoms with Crippen LogP contribution in [0, 0.1) is 0 Å². The van der Waals surface area contributed by atoms with Gasteiger partial charge >= 0.3 is 0 Å². The molecule has 6 heteroatoms. The molecule has 0 aliphatic heterocycles. The minimum Gasteiger partial charge on any atom is -0.340 e. The highest BCUT2D eigenvalue weighted by molar-refractivity contribution is 7.91. The van der Waals surface area contributed by atoms with Crippen molar-refractivity contribution in [3.8, 4) is 0 Å². The van der Waals surface area contributed by atoms with E-state index in [-0.39, 0.29) is 18.5 Å². The molecule has 0 aromatic rings. The Hall–Kier alpha value is -0.620. The van der Waals surface area contributed by atoms with Crippen LogP contribution < -0.4 is 5.73 Å². The van der Waals surface area contributed by atoms with E-state index in [1.54, 1.807) is 7.05 Å². The molecule has 0 spiro atoms. The highest BCUT2D eigenvalue weighted by Gasteiger charge is 2.36. The van der Waals surface area contributed by atoms with Gasteiger partial charge in [0, 0.05) is 19.3 Å². The van der Waals surface area contributed by atoms with Gasteiger partial charge in [0.15, 0.2) is 9.84 Å². The van der Waals surface area contributed by atoms with Crippen LogP contribution in [0.25, 0.3) is 0 Å². The van der Waals surface area contributed by atoms with Gasteiger partial charge in [0.1, 0.15) is 0 Å². The molecule has 0 heterocycles. The molecule has 1 aliphatic carbocycles. The normalized spacial score (nSPS) is 26.4. The number of rotatable bonds is 3. The van der Waals surface area contributed by atoms with E-state index >= 15 is 0 Å².